The summed E-state index contributed by atoms with van der Waals surface area (Å²) in [5, 5.41) is 10.9. The van der Waals surface area contributed by atoms with Gasteiger partial charge < -0.3 is 14.7 Å². The van der Waals surface area contributed by atoms with Gasteiger partial charge in [0.25, 0.3) is 0 Å². The van der Waals surface area contributed by atoms with Crippen molar-refractivity contribution in [1.29, 1.82) is 0 Å². The maximum absolute atomic E-state index is 12.7. The molecular weight excluding hydrogens is 314 g/mol. The molecule has 3 atom stereocenters. The number of nitrogens with zero attached hydrogens (tertiary/aromatic N) is 1. The van der Waals surface area contributed by atoms with Crippen molar-refractivity contribution in [1.82, 2.24) is 4.90 Å². The van der Waals surface area contributed by atoms with Crippen molar-refractivity contribution < 1.29 is 14.6 Å². The van der Waals surface area contributed by atoms with Crippen LogP contribution >= 0.6 is 11.6 Å². The van der Waals surface area contributed by atoms with Gasteiger partial charge in [0.2, 0.25) is 5.91 Å². The van der Waals surface area contributed by atoms with Crippen LogP contribution in [0.25, 0.3) is 0 Å². The van der Waals surface area contributed by atoms with Gasteiger partial charge in [-0.2, -0.15) is 0 Å². The monoisotopic (exact) mass is 337 g/mol. The number of aliphatic hydroxyl groups excluding tert-OH is 1. The summed E-state index contributed by atoms with van der Waals surface area (Å²) in [7, 11) is 0. The van der Waals surface area contributed by atoms with E-state index in [1.807, 2.05) is 29.2 Å². The van der Waals surface area contributed by atoms with Gasteiger partial charge in [0.1, 0.15) is 0 Å². The molecule has 1 N–H and O–H groups in total. The minimum Gasteiger partial charge on any atom is -0.393 e. The summed E-state index contributed by atoms with van der Waals surface area (Å²) < 4.78 is 5.58. The van der Waals surface area contributed by atoms with Crippen molar-refractivity contribution in [2.45, 2.75) is 44.2 Å². The highest BCUT2D eigenvalue weighted by molar-refractivity contribution is 6.30. The maximum Gasteiger partial charge on any atom is 0.223 e. The van der Waals surface area contributed by atoms with Gasteiger partial charge >= 0.3 is 0 Å². The molecular formula is C18H24ClNO3. The number of halogens is 1. The predicted octanol–water partition coefficient (Wildman–Crippen LogP) is 2.66. The van der Waals surface area contributed by atoms with Crippen molar-refractivity contribution in [3.8, 4) is 0 Å². The van der Waals surface area contributed by atoms with Crippen LogP contribution in [0.3, 0.4) is 0 Å². The van der Waals surface area contributed by atoms with E-state index in [9.17, 15) is 9.90 Å². The number of aliphatic hydroxyl groups is 1. The molecule has 0 unspecified atom stereocenters. The van der Waals surface area contributed by atoms with Crippen LogP contribution in [0.4, 0.5) is 0 Å². The zero-order chi connectivity index (χ0) is 16.2. The topological polar surface area (TPSA) is 49.8 Å². The van der Waals surface area contributed by atoms with Gasteiger partial charge in [-0.15, -0.1) is 0 Å². The fraction of sp³-hybridized carbons (Fsp3) is 0.611. The second-order valence-electron chi connectivity index (χ2n) is 6.52. The molecule has 1 aromatic carbocycles. The van der Waals surface area contributed by atoms with Gasteiger partial charge in [-0.25, -0.2) is 0 Å². The Morgan fingerprint density at radius 3 is 2.78 bits per heavy atom. The van der Waals surface area contributed by atoms with Crippen LogP contribution in [0.5, 0.6) is 0 Å². The van der Waals surface area contributed by atoms with Crippen LogP contribution in [0.15, 0.2) is 24.3 Å². The maximum atomic E-state index is 12.7. The molecule has 5 heteroatoms. The number of morpholine rings is 1. The molecule has 1 heterocycles. The lowest BCUT2D eigenvalue weighted by Crippen LogP contribution is -2.53. The molecule has 126 valence electrons. The minimum atomic E-state index is -0.298. The molecule has 1 saturated carbocycles. The molecule has 1 amide bonds. The summed E-state index contributed by atoms with van der Waals surface area (Å²) in [6.45, 7) is 1.77. The third-order valence-corrected chi connectivity index (χ3v) is 5.30. The van der Waals surface area contributed by atoms with E-state index in [-0.39, 0.29) is 24.0 Å². The number of carbonyl (C=O) groups is 1. The summed E-state index contributed by atoms with van der Waals surface area (Å²) in [5.41, 5.74) is 1.12. The number of hydrogen-bond acceptors (Lipinski definition) is 3. The zero-order valence-corrected chi connectivity index (χ0v) is 14.0. The summed E-state index contributed by atoms with van der Waals surface area (Å²) in [5.74, 6) is 0.321. The van der Waals surface area contributed by atoms with Crippen LogP contribution in [0.2, 0.25) is 5.02 Å². The summed E-state index contributed by atoms with van der Waals surface area (Å²) in [6.07, 6.45) is 3.77. The van der Waals surface area contributed by atoms with E-state index < -0.39 is 0 Å². The van der Waals surface area contributed by atoms with Gasteiger partial charge in [-0.05, 0) is 37.0 Å². The number of benzene rings is 1. The van der Waals surface area contributed by atoms with Crippen molar-refractivity contribution in [2.24, 2.45) is 5.92 Å². The van der Waals surface area contributed by atoms with Gasteiger partial charge in [-0.3, -0.25) is 4.79 Å². The average molecular weight is 338 g/mol. The molecule has 3 rings (SSSR count). The van der Waals surface area contributed by atoms with E-state index in [4.69, 9.17) is 16.3 Å². The molecule has 0 spiro atoms. The second kappa shape index (κ2) is 7.65. The molecule has 1 aliphatic heterocycles. The minimum absolute atomic E-state index is 0.0268. The quantitative estimate of drug-likeness (QED) is 0.919. The third-order valence-electron chi connectivity index (χ3n) is 5.05. The molecule has 0 aromatic heterocycles. The Kier molecular flexibility index (Phi) is 5.57. The Hall–Kier alpha value is -1.10. The van der Waals surface area contributed by atoms with Gasteiger partial charge in [-0.1, -0.05) is 30.2 Å². The number of aryl methyl sites for hydroxylation is 1. The van der Waals surface area contributed by atoms with Gasteiger partial charge in [0.05, 0.1) is 25.4 Å². The van der Waals surface area contributed by atoms with Crippen molar-refractivity contribution >= 4 is 17.5 Å². The second-order valence-corrected chi connectivity index (χ2v) is 6.95. The molecule has 4 nitrogen and oxygen atoms in total. The molecule has 2 aliphatic rings. The Morgan fingerprint density at radius 2 is 2.09 bits per heavy atom. The molecule has 1 saturated heterocycles. The highest BCUT2D eigenvalue weighted by atomic mass is 35.5. The smallest absolute Gasteiger partial charge is 0.223 e. The number of hydrogen-bond donors (Lipinski definition) is 1. The zero-order valence-electron chi connectivity index (χ0n) is 13.3. The first-order chi connectivity index (χ1) is 11.1. The number of rotatable bonds is 4. The first-order valence-electron chi connectivity index (χ1n) is 8.45. The first kappa shape index (κ1) is 16.7. The van der Waals surface area contributed by atoms with Crippen LogP contribution < -0.4 is 0 Å². The van der Waals surface area contributed by atoms with E-state index >= 15 is 0 Å². The first-order valence-corrected chi connectivity index (χ1v) is 8.82. The average Bonchev–Trinajstić information content (AvgIpc) is 3.00. The number of amides is 1. The van der Waals surface area contributed by atoms with E-state index in [0.717, 1.165) is 24.8 Å². The van der Waals surface area contributed by atoms with Crippen LogP contribution in [0, 0.1) is 5.92 Å². The Bertz CT molecular complexity index is 534. The highest BCUT2D eigenvalue weighted by Gasteiger charge is 2.39. The van der Waals surface area contributed by atoms with Crippen LogP contribution in [-0.4, -0.2) is 47.8 Å². The lowest BCUT2D eigenvalue weighted by Gasteiger charge is -2.40. The molecule has 2 fully saturated rings. The van der Waals surface area contributed by atoms with Crippen molar-refractivity contribution in [2.75, 3.05) is 19.8 Å². The summed E-state index contributed by atoms with van der Waals surface area (Å²) in [4.78, 5) is 14.6. The van der Waals surface area contributed by atoms with Crippen molar-refractivity contribution in [3.05, 3.63) is 34.9 Å². The molecule has 1 aromatic rings. The van der Waals surface area contributed by atoms with E-state index in [0.29, 0.717) is 37.6 Å². The molecule has 1 aliphatic carbocycles. The number of ether oxygens (including phenoxy) is 1. The fourth-order valence-corrected chi connectivity index (χ4v) is 3.88. The van der Waals surface area contributed by atoms with Crippen LogP contribution in [0.1, 0.15) is 31.2 Å². The summed E-state index contributed by atoms with van der Waals surface area (Å²) in [6, 6.07) is 7.67. The van der Waals surface area contributed by atoms with E-state index in [1.165, 1.54) is 0 Å². The lowest BCUT2D eigenvalue weighted by atomic mass is 9.93. The Balaban J connectivity index is 1.60. The molecule has 0 bridgehead atoms. The molecule has 0 radical (unpaired) electrons. The third kappa shape index (κ3) is 4.06. The number of carbonyl (C=O) groups excluding carboxylic acids is 1. The van der Waals surface area contributed by atoms with Crippen LogP contribution in [-0.2, 0) is 16.0 Å². The van der Waals surface area contributed by atoms with E-state index in [1.54, 1.807) is 0 Å². The Labute approximate surface area is 142 Å². The predicted molar refractivity (Wildman–Crippen MR) is 89.4 cm³/mol. The summed E-state index contributed by atoms with van der Waals surface area (Å²) >= 11 is 5.89. The molecule has 23 heavy (non-hydrogen) atoms. The normalized spacial score (nSPS) is 28.1. The fourth-order valence-electron chi connectivity index (χ4n) is 3.75. The van der Waals surface area contributed by atoms with E-state index in [2.05, 4.69) is 0 Å². The van der Waals surface area contributed by atoms with Gasteiger partial charge in [0, 0.05) is 23.9 Å². The largest absolute Gasteiger partial charge is 0.393 e. The van der Waals surface area contributed by atoms with Gasteiger partial charge in [0.15, 0.2) is 0 Å². The SMILES string of the molecule is O=C(CCc1ccc(Cl)cc1)N1CCOC[C@@H]1[C@@H]1CCC[C@H]1O. The Morgan fingerprint density at radius 1 is 1.30 bits per heavy atom. The lowest BCUT2D eigenvalue weighted by molar-refractivity contribution is -0.143. The standard InChI is InChI=1S/C18H24ClNO3/c19-14-7-4-13(5-8-14)6-9-18(22)20-10-11-23-12-16(20)15-2-1-3-17(15)21/h4-5,7-8,15-17,21H,1-3,6,9-12H2/t15-,16+,17+/m0/s1. The highest BCUT2D eigenvalue weighted by Crippen LogP contribution is 2.32. The van der Waals surface area contributed by atoms with Crippen molar-refractivity contribution in [3.63, 3.8) is 0 Å².